The quantitative estimate of drug-likeness (QED) is 0.0417. The fraction of sp³-hybridized carbons (Fsp3) is 0.967. The molecule has 0 aromatic rings. The van der Waals surface area contributed by atoms with Crippen molar-refractivity contribution in [1.29, 1.82) is 0 Å². The number of ether oxygens (including phenoxy) is 1. The first-order valence-electron chi connectivity index (χ1n) is 30.8. The number of rotatable bonds is 58. The minimum Gasteiger partial charge on any atom is -0.466 e. The van der Waals surface area contributed by atoms with Gasteiger partial charge in [0.25, 0.3) is 0 Å². The Balaban J connectivity index is 3.32. The predicted molar refractivity (Wildman–Crippen MR) is 292 cm³/mol. The molecule has 0 heterocycles. The van der Waals surface area contributed by atoms with E-state index in [0.717, 1.165) is 38.5 Å². The van der Waals surface area contributed by atoms with Crippen LogP contribution < -0.4 is 5.32 Å². The van der Waals surface area contributed by atoms with Gasteiger partial charge in [-0.25, -0.2) is 0 Å². The van der Waals surface area contributed by atoms with Gasteiger partial charge in [0.05, 0.1) is 25.4 Å². The van der Waals surface area contributed by atoms with Crippen molar-refractivity contribution in [2.75, 3.05) is 13.2 Å². The summed E-state index contributed by atoms with van der Waals surface area (Å²) in [5.41, 5.74) is 0. The number of aliphatic hydroxyl groups excluding tert-OH is 2. The average Bonchev–Trinajstić information content (AvgIpc) is 3.33. The Labute approximate surface area is 419 Å². The first-order valence-corrected chi connectivity index (χ1v) is 30.8. The maximum Gasteiger partial charge on any atom is 0.305 e. The fourth-order valence-corrected chi connectivity index (χ4v) is 9.94. The van der Waals surface area contributed by atoms with E-state index < -0.39 is 12.1 Å². The largest absolute Gasteiger partial charge is 0.466 e. The van der Waals surface area contributed by atoms with Crippen LogP contribution in [0.3, 0.4) is 0 Å². The van der Waals surface area contributed by atoms with E-state index in [-0.39, 0.29) is 18.5 Å². The lowest BCUT2D eigenvalue weighted by atomic mass is 10.0. The molecule has 0 rings (SSSR count). The standard InChI is InChI=1S/C61H121NO5/c1-3-5-7-9-11-13-15-33-37-41-45-49-53-59(64)58(57-63)62-60(65)54-50-46-42-38-34-31-29-27-25-23-21-19-17-18-20-22-24-26-28-30-32-36-40-44-48-52-56-67-61(66)55-51-47-43-39-35-16-14-12-10-8-6-4-2/h58-59,63-64H,3-57H2,1-2H3,(H,62,65). The van der Waals surface area contributed by atoms with Gasteiger partial charge in [0.2, 0.25) is 5.91 Å². The zero-order chi connectivity index (χ0) is 48.6. The molecule has 0 saturated carbocycles. The van der Waals surface area contributed by atoms with Crippen LogP contribution in [0.4, 0.5) is 0 Å². The summed E-state index contributed by atoms with van der Waals surface area (Å²) in [5.74, 6) is -0.0124. The molecule has 3 N–H and O–H groups in total. The number of hydrogen-bond donors (Lipinski definition) is 3. The number of amides is 1. The van der Waals surface area contributed by atoms with Gasteiger partial charge in [0.15, 0.2) is 0 Å². The van der Waals surface area contributed by atoms with Crippen molar-refractivity contribution >= 4 is 11.9 Å². The van der Waals surface area contributed by atoms with Crippen LogP contribution in [-0.4, -0.2) is 47.4 Å². The monoisotopic (exact) mass is 948 g/mol. The highest BCUT2D eigenvalue weighted by Gasteiger charge is 2.20. The van der Waals surface area contributed by atoms with Gasteiger partial charge in [-0.15, -0.1) is 0 Å². The molecular formula is C61H121NO5. The molecule has 0 spiro atoms. The molecule has 400 valence electrons. The fourth-order valence-electron chi connectivity index (χ4n) is 9.94. The van der Waals surface area contributed by atoms with Crippen molar-refractivity contribution in [3.05, 3.63) is 0 Å². The summed E-state index contributed by atoms with van der Waals surface area (Å²) in [4.78, 5) is 24.5. The van der Waals surface area contributed by atoms with E-state index in [9.17, 15) is 19.8 Å². The van der Waals surface area contributed by atoms with Gasteiger partial charge >= 0.3 is 5.97 Å². The van der Waals surface area contributed by atoms with Crippen molar-refractivity contribution in [1.82, 2.24) is 5.32 Å². The molecule has 1 amide bonds. The molecule has 67 heavy (non-hydrogen) atoms. The number of aliphatic hydroxyl groups is 2. The van der Waals surface area contributed by atoms with E-state index >= 15 is 0 Å². The van der Waals surface area contributed by atoms with E-state index in [1.807, 2.05) is 0 Å². The molecule has 0 aromatic heterocycles. The van der Waals surface area contributed by atoms with Crippen LogP contribution in [0.25, 0.3) is 0 Å². The first kappa shape index (κ1) is 65.9. The van der Waals surface area contributed by atoms with Gasteiger partial charge in [-0.2, -0.15) is 0 Å². The van der Waals surface area contributed by atoms with E-state index in [2.05, 4.69) is 19.2 Å². The summed E-state index contributed by atoms with van der Waals surface area (Å²) in [5, 5.41) is 23.2. The van der Waals surface area contributed by atoms with Gasteiger partial charge in [-0.1, -0.05) is 316 Å². The second-order valence-corrected chi connectivity index (χ2v) is 21.4. The zero-order valence-corrected chi connectivity index (χ0v) is 45.7. The van der Waals surface area contributed by atoms with Crippen LogP contribution in [0.15, 0.2) is 0 Å². The van der Waals surface area contributed by atoms with Gasteiger partial charge < -0.3 is 20.3 Å². The van der Waals surface area contributed by atoms with Crippen molar-refractivity contribution in [2.45, 2.75) is 366 Å². The molecular weight excluding hydrogens is 827 g/mol. The smallest absolute Gasteiger partial charge is 0.305 e. The molecule has 0 aromatic carbocycles. The molecule has 0 saturated heterocycles. The maximum absolute atomic E-state index is 12.5. The minimum absolute atomic E-state index is 0.0187. The Morgan fingerprint density at radius 2 is 0.612 bits per heavy atom. The second kappa shape index (κ2) is 57.4. The lowest BCUT2D eigenvalue weighted by molar-refractivity contribution is -0.143. The lowest BCUT2D eigenvalue weighted by Crippen LogP contribution is -2.45. The molecule has 2 unspecified atom stereocenters. The van der Waals surface area contributed by atoms with Crippen molar-refractivity contribution in [2.24, 2.45) is 0 Å². The Hall–Kier alpha value is -1.14. The summed E-state index contributed by atoms with van der Waals surface area (Å²) < 4.78 is 5.48. The van der Waals surface area contributed by atoms with Gasteiger partial charge in [-0.05, 0) is 25.7 Å². The summed E-state index contributed by atoms with van der Waals surface area (Å²) in [6.07, 6.45) is 66.9. The summed E-state index contributed by atoms with van der Waals surface area (Å²) in [6, 6.07) is -0.537. The number of unbranched alkanes of at least 4 members (excludes halogenated alkanes) is 47. The van der Waals surface area contributed by atoms with Gasteiger partial charge in [-0.3, -0.25) is 9.59 Å². The van der Waals surface area contributed by atoms with Crippen LogP contribution in [0.1, 0.15) is 354 Å². The highest BCUT2D eigenvalue weighted by atomic mass is 16.5. The van der Waals surface area contributed by atoms with Gasteiger partial charge in [0.1, 0.15) is 0 Å². The van der Waals surface area contributed by atoms with Crippen molar-refractivity contribution < 1.29 is 24.5 Å². The van der Waals surface area contributed by atoms with E-state index in [1.165, 1.54) is 283 Å². The summed E-state index contributed by atoms with van der Waals surface area (Å²) in [6.45, 7) is 4.97. The molecule has 0 aliphatic heterocycles. The molecule has 0 fully saturated rings. The maximum atomic E-state index is 12.5. The Bertz CT molecular complexity index is 959. The number of carbonyl (C=O) groups is 2. The topological polar surface area (TPSA) is 95.9 Å². The number of nitrogens with one attached hydrogen (secondary N) is 1. The molecule has 6 nitrogen and oxygen atoms in total. The minimum atomic E-state index is -0.660. The Kier molecular flexibility index (Phi) is 56.5. The van der Waals surface area contributed by atoms with Crippen molar-refractivity contribution in [3.8, 4) is 0 Å². The van der Waals surface area contributed by atoms with E-state index in [4.69, 9.17) is 4.74 Å². The summed E-state index contributed by atoms with van der Waals surface area (Å²) >= 11 is 0. The molecule has 6 heteroatoms. The third kappa shape index (κ3) is 54.0. The van der Waals surface area contributed by atoms with E-state index in [1.54, 1.807) is 0 Å². The second-order valence-electron chi connectivity index (χ2n) is 21.4. The molecule has 2 atom stereocenters. The SMILES string of the molecule is CCCCCCCCCCCCCCC(=O)OCCCCCCCCCCCCCCCCCCCCCCCCCCCCC(=O)NC(CO)C(O)CCCCCCCCCCCCCC. The third-order valence-electron chi connectivity index (χ3n) is 14.7. The predicted octanol–water partition coefficient (Wildman–Crippen LogP) is 19.1. The molecule has 0 bridgehead atoms. The van der Waals surface area contributed by atoms with Crippen LogP contribution >= 0.6 is 0 Å². The summed E-state index contributed by atoms with van der Waals surface area (Å²) in [7, 11) is 0. The van der Waals surface area contributed by atoms with E-state index in [0.29, 0.717) is 25.9 Å². The van der Waals surface area contributed by atoms with Crippen LogP contribution in [0.2, 0.25) is 0 Å². The van der Waals surface area contributed by atoms with Gasteiger partial charge in [0, 0.05) is 12.8 Å². The van der Waals surface area contributed by atoms with Crippen LogP contribution in [0.5, 0.6) is 0 Å². The zero-order valence-electron chi connectivity index (χ0n) is 45.7. The highest BCUT2D eigenvalue weighted by Crippen LogP contribution is 2.18. The van der Waals surface area contributed by atoms with Crippen LogP contribution in [-0.2, 0) is 14.3 Å². The molecule has 0 aliphatic carbocycles. The van der Waals surface area contributed by atoms with Crippen molar-refractivity contribution in [3.63, 3.8) is 0 Å². The Morgan fingerprint density at radius 3 is 0.910 bits per heavy atom. The highest BCUT2D eigenvalue weighted by molar-refractivity contribution is 5.76. The lowest BCUT2D eigenvalue weighted by Gasteiger charge is -2.22. The normalized spacial score (nSPS) is 12.5. The molecule has 0 radical (unpaired) electrons. The third-order valence-corrected chi connectivity index (χ3v) is 14.7. The first-order chi connectivity index (χ1) is 33.0. The Morgan fingerprint density at radius 1 is 0.358 bits per heavy atom. The number of esters is 1. The number of carbonyl (C=O) groups excluding carboxylic acids is 2. The molecule has 0 aliphatic rings. The number of hydrogen-bond acceptors (Lipinski definition) is 5. The van der Waals surface area contributed by atoms with Crippen LogP contribution in [0, 0.1) is 0 Å². The average molecular weight is 949 g/mol.